The molecule has 0 spiro atoms. The summed E-state index contributed by atoms with van der Waals surface area (Å²) in [5.74, 6) is 0. The Morgan fingerprint density at radius 1 is 1.40 bits per heavy atom. The summed E-state index contributed by atoms with van der Waals surface area (Å²) in [7, 11) is 0. The number of nitrogens with zero attached hydrogens (tertiary/aromatic N) is 2. The zero-order valence-electron chi connectivity index (χ0n) is 10.2. The van der Waals surface area contributed by atoms with Crippen LogP contribution in [-0.4, -0.2) is 15.6 Å². The van der Waals surface area contributed by atoms with Gasteiger partial charge in [0.15, 0.2) is 0 Å². The van der Waals surface area contributed by atoms with Gasteiger partial charge in [0.05, 0.1) is 12.0 Å². The third-order valence-corrected chi connectivity index (χ3v) is 2.40. The zero-order chi connectivity index (χ0) is 11.1. The lowest BCUT2D eigenvalue weighted by Crippen LogP contribution is -2.21. The van der Waals surface area contributed by atoms with Crippen LogP contribution in [0.15, 0.2) is 12.5 Å². The lowest BCUT2D eigenvalue weighted by molar-refractivity contribution is 0.579. The van der Waals surface area contributed by atoms with E-state index in [0.29, 0.717) is 6.04 Å². The summed E-state index contributed by atoms with van der Waals surface area (Å²) in [6.45, 7) is 8.50. The van der Waals surface area contributed by atoms with Crippen molar-refractivity contribution in [3.05, 3.63) is 18.2 Å². The molecule has 0 fully saturated rings. The highest BCUT2D eigenvalue weighted by atomic mass is 15.0. The summed E-state index contributed by atoms with van der Waals surface area (Å²) < 4.78 is 2.19. The van der Waals surface area contributed by atoms with Crippen LogP contribution in [0.2, 0.25) is 0 Å². The molecule has 0 aliphatic heterocycles. The minimum absolute atomic E-state index is 0.523. The number of aryl methyl sites for hydroxylation is 1. The second-order valence-electron chi connectivity index (χ2n) is 4.35. The molecule has 86 valence electrons. The Hall–Kier alpha value is -0.830. The third kappa shape index (κ3) is 4.98. The molecule has 0 aromatic carbocycles. The highest BCUT2D eigenvalue weighted by molar-refractivity contribution is 4.96. The van der Waals surface area contributed by atoms with Gasteiger partial charge in [0.2, 0.25) is 0 Å². The quantitative estimate of drug-likeness (QED) is 0.699. The summed E-state index contributed by atoms with van der Waals surface area (Å²) in [5.41, 5.74) is 1.14. The third-order valence-electron chi connectivity index (χ3n) is 2.40. The molecule has 15 heavy (non-hydrogen) atoms. The molecule has 0 aliphatic carbocycles. The fraction of sp³-hybridized carbons (Fsp3) is 0.750. The summed E-state index contributed by atoms with van der Waals surface area (Å²) in [6.07, 6.45) is 7.91. The molecule has 0 saturated carbocycles. The molecular weight excluding hydrogens is 186 g/mol. The van der Waals surface area contributed by atoms with E-state index < -0.39 is 0 Å². The zero-order valence-corrected chi connectivity index (χ0v) is 10.2. The first kappa shape index (κ1) is 12.2. The van der Waals surface area contributed by atoms with Gasteiger partial charge >= 0.3 is 0 Å². The topological polar surface area (TPSA) is 29.9 Å². The summed E-state index contributed by atoms with van der Waals surface area (Å²) >= 11 is 0. The van der Waals surface area contributed by atoms with E-state index in [1.807, 2.05) is 6.33 Å². The van der Waals surface area contributed by atoms with E-state index >= 15 is 0 Å². The second-order valence-corrected chi connectivity index (χ2v) is 4.35. The van der Waals surface area contributed by atoms with E-state index in [1.54, 1.807) is 0 Å². The Labute approximate surface area is 92.9 Å². The minimum Gasteiger partial charge on any atom is -0.337 e. The van der Waals surface area contributed by atoms with Crippen molar-refractivity contribution in [1.29, 1.82) is 0 Å². The van der Waals surface area contributed by atoms with Gasteiger partial charge in [-0.15, -0.1) is 0 Å². The van der Waals surface area contributed by atoms with Gasteiger partial charge in [0.1, 0.15) is 0 Å². The Balaban J connectivity index is 2.29. The maximum absolute atomic E-state index is 4.37. The molecule has 0 aliphatic rings. The van der Waals surface area contributed by atoms with E-state index in [9.17, 15) is 0 Å². The van der Waals surface area contributed by atoms with Gasteiger partial charge in [-0.1, -0.05) is 33.6 Å². The van der Waals surface area contributed by atoms with E-state index in [4.69, 9.17) is 0 Å². The minimum atomic E-state index is 0.523. The molecule has 3 nitrogen and oxygen atoms in total. The molecule has 1 aromatic rings. The predicted molar refractivity (Wildman–Crippen MR) is 63.7 cm³/mol. The largest absolute Gasteiger partial charge is 0.337 e. The van der Waals surface area contributed by atoms with Gasteiger partial charge in [-0.2, -0.15) is 0 Å². The van der Waals surface area contributed by atoms with Gasteiger partial charge < -0.3 is 9.88 Å². The van der Waals surface area contributed by atoms with Crippen LogP contribution in [0.4, 0.5) is 0 Å². The first-order valence-corrected chi connectivity index (χ1v) is 5.96. The van der Waals surface area contributed by atoms with Crippen LogP contribution in [0.25, 0.3) is 0 Å². The summed E-state index contributed by atoms with van der Waals surface area (Å²) in [6, 6.07) is 0.523. The number of nitrogens with one attached hydrogen (secondary N) is 1. The van der Waals surface area contributed by atoms with Crippen molar-refractivity contribution in [3.63, 3.8) is 0 Å². The second kappa shape index (κ2) is 6.62. The predicted octanol–water partition coefficient (Wildman–Crippen LogP) is 2.57. The standard InChI is InChI=1S/C12H23N3/c1-4-5-6-7-15-9-12(14-10-15)8-13-11(2)3/h9-11,13H,4-8H2,1-3H3. The normalized spacial score (nSPS) is 11.2. The number of hydrogen-bond donors (Lipinski definition) is 1. The summed E-state index contributed by atoms with van der Waals surface area (Å²) in [4.78, 5) is 4.37. The number of rotatable bonds is 7. The van der Waals surface area contributed by atoms with Crippen LogP contribution in [-0.2, 0) is 13.1 Å². The lowest BCUT2D eigenvalue weighted by atomic mass is 10.2. The number of unbranched alkanes of at least 4 members (excludes halogenated alkanes) is 2. The molecule has 0 atom stereocenters. The van der Waals surface area contributed by atoms with Crippen LogP contribution in [0.5, 0.6) is 0 Å². The molecule has 1 aromatic heterocycles. The average molecular weight is 209 g/mol. The molecule has 0 bridgehead atoms. The molecule has 0 amide bonds. The number of hydrogen-bond acceptors (Lipinski definition) is 2. The van der Waals surface area contributed by atoms with Crippen LogP contribution in [0, 0.1) is 0 Å². The van der Waals surface area contributed by atoms with Crippen molar-refractivity contribution in [2.45, 2.75) is 59.2 Å². The molecule has 0 unspecified atom stereocenters. The number of aromatic nitrogens is 2. The molecule has 0 radical (unpaired) electrons. The summed E-state index contributed by atoms with van der Waals surface area (Å²) in [5, 5.41) is 3.37. The lowest BCUT2D eigenvalue weighted by Gasteiger charge is -2.04. The molecule has 1 heterocycles. The van der Waals surface area contributed by atoms with E-state index in [-0.39, 0.29) is 0 Å². The van der Waals surface area contributed by atoms with Crippen LogP contribution >= 0.6 is 0 Å². The maximum Gasteiger partial charge on any atom is 0.0949 e. The molecule has 0 saturated heterocycles. The SMILES string of the molecule is CCCCCn1cnc(CNC(C)C)c1. The van der Waals surface area contributed by atoms with Gasteiger partial charge in [0.25, 0.3) is 0 Å². The van der Waals surface area contributed by atoms with E-state index in [0.717, 1.165) is 18.8 Å². The highest BCUT2D eigenvalue weighted by Crippen LogP contribution is 2.01. The maximum atomic E-state index is 4.37. The Morgan fingerprint density at radius 3 is 2.87 bits per heavy atom. The Morgan fingerprint density at radius 2 is 2.20 bits per heavy atom. The monoisotopic (exact) mass is 209 g/mol. The van der Waals surface area contributed by atoms with Crippen LogP contribution in [0.3, 0.4) is 0 Å². The van der Waals surface area contributed by atoms with Crippen molar-refractivity contribution in [3.8, 4) is 0 Å². The van der Waals surface area contributed by atoms with Crippen LogP contribution < -0.4 is 5.32 Å². The Kier molecular flexibility index (Phi) is 5.40. The number of imidazole rings is 1. The average Bonchev–Trinajstić information content (AvgIpc) is 2.63. The molecule has 1 rings (SSSR count). The fourth-order valence-electron chi connectivity index (χ4n) is 1.47. The highest BCUT2D eigenvalue weighted by Gasteiger charge is 1.99. The first-order chi connectivity index (χ1) is 7.22. The fourth-order valence-corrected chi connectivity index (χ4v) is 1.47. The van der Waals surface area contributed by atoms with Gasteiger partial charge in [-0.3, -0.25) is 0 Å². The van der Waals surface area contributed by atoms with Crippen molar-refractivity contribution >= 4 is 0 Å². The first-order valence-electron chi connectivity index (χ1n) is 5.96. The van der Waals surface area contributed by atoms with Gasteiger partial charge in [-0.05, 0) is 6.42 Å². The van der Waals surface area contributed by atoms with Crippen molar-refractivity contribution < 1.29 is 0 Å². The van der Waals surface area contributed by atoms with Crippen molar-refractivity contribution in [2.75, 3.05) is 0 Å². The van der Waals surface area contributed by atoms with Gasteiger partial charge in [0, 0.05) is 25.3 Å². The van der Waals surface area contributed by atoms with E-state index in [1.165, 1.54) is 19.3 Å². The smallest absolute Gasteiger partial charge is 0.0949 e. The van der Waals surface area contributed by atoms with Gasteiger partial charge in [-0.25, -0.2) is 4.98 Å². The Bertz CT molecular complexity index is 266. The van der Waals surface area contributed by atoms with Crippen molar-refractivity contribution in [2.24, 2.45) is 0 Å². The molecular formula is C12H23N3. The van der Waals surface area contributed by atoms with Crippen LogP contribution in [0.1, 0.15) is 45.7 Å². The van der Waals surface area contributed by atoms with Crippen molar-refractivity contribution in [1.82, 2.24) is 14.9 Å². The molecule has 1 N–H and O–H groups in total. The van der Waals surface area contributed by atoms with E-state index in [2.05, 4.69) is 41.8 Å². The molecule has 3 heteroatoms.